The van der Waals surface area contributed by atoms with Gasteiger partial charge in [-0.3, -0.25) is 4.79 Å². The first kappa shape index (κ1) is 15.5. The number of carbonyl (C=O) groups is 1. The largest absolute Gasteiger partial charge is 0.345 e. The fourth-order valence-electron chi connectivity index (χ4n) is 2.31. The van der Waals surface area contributed by atoms with E-state index in [1.807, 2.05) is 0 Å². The van der Waals surface area contributed by atoms with Crippen molar-refractivity contribution in [2.45, 2.75) is 18.9 Å². The van der Waals surface area contributed by atoms with E-state index in [1.165, 1.54) is 6.20 Å². The highest BCUT2D eigenvalue weighted by atomic mass is 35.5. The molecule has 1 saturated carbocycles. The standard InChI is InChI=1S/C15H12Cl3N3O/c16-11-6-5-9(14(18)20-11)12(8-3-4-8)21-15(22)10-2-1-7-19-13(10)17/h1-2,5-8,12H,3-4H2,(H,21,22). The van der Waals surface area contributed by atoms with Crippen LogP contribution in [0.4, 0.5) is 0 Å². The molecule has 2 heterocycles. The highest BCUT2D eigenvalue weighted by Gasteiger charge is 2.35. The van der Waals surface area contributed by atoms with Crippen LogP contribution in [0.1, 0.15) is 34.8 Å². The first-order valence-electron chi connectivity index (χ1n) is 6.79. The second-order valence-electron chi connectivity index (χ2n) is 5.14. The minimum atomic E-state index is -0.277. The molecule has 4 nitrogen and oxygen atoms in total. The molecule has 1 aliphatic rings. The van der Waals surface area contributed by atoms with Gasteiger partial charge in [0.1, 0.15) is 15.5 Å². The molecule has 0 saturated heterocycles. The molecule has 114 valence electrons. The topological polar surface area (TPSA) is 54.9 Å². The van der Waals surface area contributed by atoms with Gasteiger partial charge in [-0.1, -0.05) is 40.9 Å². The first-order valence-corrected chi connectivity index (χ1v) is 7.93. The summed E-state index contributed by atoms with van der Waals surface area (Å²) in [6.07, 6.45) is 3.60. The van der Waals surface area contributed by atoms with Crippen LogP contribution in [-0.4, -0.2) is 15.9 Å². The first-order chi connectivity index (χ1) is 10.6. The van der Waals surface area contributed by atoms with Crippen LogP contribution in [0.15, 0.2) is 30.5 Å². The van der Waals surface area contributed by atoms with Gasteiger partial charge < -0.3 is 5.32 Å². The lowest BCUT2D eigenvalue weighted by Gasteiger charge is -2.20. The normalized spacial score (nSPS) is 15.4. The number of hydrogen-bond donors (Lipinski definition) is 1. The summed E-state index contributed by atoms with van der Waals surface area (Å²) in [6, 6.07) is 6.56. The van der Waals surface area contributed by atoms with Gasteiger partial charge in [-0.15, -0.1) is 0 Å². The van der Waals surface area contributed by atoms with Crippen LogP contribution in [0.25, 0.3) is 0 Å². The molecule has 0 radical (unpaired) electrons. The van der Waals surface area contributed by atoms with E-state index >= 15 is 0 Å². The summed E-state index contributed by atoms with van der Waals surface area (Å²) < 4.78 is 0. The summed E-state index contributed by atoms with van der Waals surface area (Å²) in [4.78, 5) is 20.4. The van der Waals surface area contributed by atoms with Crippen LogP contribution in [0, 0.1) is 5.92 Å². The van der Waals surface area contributed by atoms with Gasteiger partial charge in [-0.2, -0.15) is 0 Å². The van der Waals surface area contributed by atoms with E-state index in [0.29, 0.717) is 21.8 Å². The summed E-state index contributed by atoms with van der Waals surface area (Å²) in [5.41, 5.74) is 1.11. The number of halogens is 3. The van der Waals surface area contributed by atoms with Crippen molar-refractivity contribution in [3.8, 4) is 0 Å². The molecule has 1 unspecified atom stereocenters. The maximum Gasteiger partial charge on any atom is 0.254 e. The third-order valence-corrected chi connectivity index (χ3v) is 4.38. The zero-order chi connectivity index (χ0) is 15.7. The number of nitrogens with one attached hydrogen (secondary N) is 1. The molecule has 3 rings (SSSR count). The zero-order valence-electron chi connectivity index (χ0n) is 11.4. The molecule has 2 aromatic heterocycles. The highest BCUT2D eigenvalue weighted by molar-refractivity contribution is 6.33. The number of nitrogens with zero attached hydrogens (tertiary/aromatic N) is 2. The summed E-state index contributed by atoms with van der Waals surface area (Å²) in [7, 11) is 0. The Morgan fingerprint density at radius 1 is 1.18 bits per heavy atom. The Hall–Kier alpha value is -1.36. The van der Waals surface area contributed by atoms with E-state index in [0.717, 1.165) is 18.4 Å². The summed E-state index contributed by atoms with van der Waals surface area (Å²) in [6.45, 7) is 0. The van der Waals surface area contributed by atoms with Crippen molar-refractivity contribution >= 4 is 40.7 Å². The molecule has 0 aromatic carbocycles. The molecule has 0 bridgehead atoms. The highest BCUT2D eigenvalue weighted by Crippen LogP contribution is 2.43. The summed E-state index contributed by atoms with van der Waals surface area (Å²) in [5, 5.41) is 3.79. The van der Waals surface area contributed by atoms with E-state index in [4.69, 9.17) is 34.8 Å². The molecule has 2 aromatic rings. The fraction of sp³-hybridized carbons (Fsp3) is 0.267. The zero-order valence-corrected chi connectivity index (χ0v) is 13.7. The van der Waals surface area contributed by atoms with E-state index in [-0.39, 0.29) is 17.1 Å². The molecule has 1 fully saturated rings. The second-order valence-corrected chi connectivity index (χ2v) is 6.25. The fourth-order valence-corrected chi connectivity index (χ4v) is 2.98. The Morgan fingerprint density at radius 3 is 2.59 bits per heavy atom. The SMILES string of the molecule is O=C(NC(c1ccc(Cl)nc1Cl)C1CC1)c1cccnc1Cl. The average molecular weight is 357 g/mol. The molecular formula is C15H12Cl3N3O. The summed E-state index contributed by atoms with van der Waals surface area (Å²) in [5.74, 6) is 0.0703. The molecule has 0 spiro atoms. The Bertz CT molecular complexity index is 719. The van der Waals surface area contributed by atoms with Crippen LogP contribution in [0.3, 0.4) is 0 Å². The average Bonchev–Trinajstić information content (AvgIpc) is 3.30. The third kappa shape index (κ3) is 3.35. The van der Waals surface area contributed by atoms with E-state index in [9.17, 15) is 4.79 Å². The number of aromatic nitrogens is 2. The minimum Gasteiger partial charge on any atom is -0.345 e. The van der Waals surface area contributed by atoms with Crippen molar-refractivity contribution in [2.24, 2.45) is 5.92 Å². The van der Waals surface area contributed by atoms with Gasteiger partial charge in [0.15, 0.2) is 0 Å². The van der Waals surface area contributed by atoms with Crippen molar-refractivity contribution in [1.82, 2.24) is 15.3 Å². The van der Waals surface area contributed by atoms with Gasteiger partial charge in [-0.25, -0.2) is 9.97 Å². The lowest BCUT2D eigenvalue weighted by atomic mass is 10.0. The molecule has 1 atom stereocenters. The maximum atomic E-state index is 12.4. The molecule has 1 amide bonds. The smallest absolute Gasteiger partial charge is 0.254 e. The number of carbonyl (C=O) groups excluding carboxylic acids is 1. The van der Waals surface area contributed by atoms with Crippen molar-refractivity contribution < 1.29 is 4.79 Å². The quantitative estimate of drug-likeness (QED) is 0.830. The van der Waals surface area contributed by atoms with Gasteiger partial charge in [0.2, 0.25) is 0 Å². The lowest BCUT2D eigenvalue weighted by molar-refractivity contribution is 0.0931. The maximum absolute atomic E-state index is 12.4. The number of amides is 1. The Morgan fingerprint density at radius 2 is 1.95 bits per heavy atom. The number of pyridine rings is 2. The number of rotatable bonds is 4. The van der Waals surface area contributed by atoms with Crippen LogP contribution in [0.2, 0.25) is 15.5 Å². The number of hydrogen-bond acceptors (Lipinski definition) is 3. The van der Waals surface area contributed by atoms with E-state index in [1.54, 1.807) is 24.3 Å². The summed E-state index contributed by atoms with van der Waals surface area (Å²) >= 11 is 18.0. The van der Waals surface area contributed by atoms with Crippen LogP contribution in [-0.2, 0) is 0 Å². The second kappa shape index (κ2) is 6.41. The predicted molar refractivity (Wildman–Crippen MR) is 86.4 cm³/mol. The van der Waals surface area contributed by atoms with Crippen LogP contribution >= 0.6 is 34.8 Å². The molecule has 1 N–H and O–H groups in total. The molecule has 7 heteroatoms. The lowest BCUT2D eigenvalue weighted by Crippen LogP contribution is -2.30. The van der Waals surface area contributed by atoms with Gasteiger partial charge in [0.05, 0.1) is 11.6 Å². The Balaban J connectivity index is 1.86. The Kier molecular flexibility index (Phi) is 4.52. The van der Waals surface area contributed by atoms with Gasteiger partial charge >= 0.3 is 0 Å². The third-order valence-electron chi connectivity index (χ3n) is 3.56. The monoisotopic (exact) mass is 355 g/mol. The molecular weight excluding hydrogens is 345 g/mol. The van der Waals surface area contributed by atoms with Crippen molar-refractivity contribution in [3.05, 3.63) is 57.0 Å². The predicted octanol–water partition coefficient (Wildman–Crippen LogP) is 4.32. The van der Waals surface area contributed by atoms with Crippen molar-refractivity contribution in [2.75, 3.05) is 0 Å². The molecule has 22 heavy (non-hydrogen) atoms. The minimum absolute atomic E-state index is 0.176. The van der Waals surface area contributed by atoms with Crippen LogP contribution in [0.5, 0.6) is 0 Å². The molecule has 1 aliphatic carbocycles. The van der Waals surface area contributed by atoms with E-state index in [2.05, 4.69) is 15.3 Å². The Labute approximate surface area is 142 Å². The van der Waals surface area contributed by atoms with Crippen LogP contribution < -0.4 is 5.32 Å². The van der Waals surface area contributed by atoms with Crippen molar-refractivity contribution in [1.29, 1.82) is 0 Å². The van der Waals surface area contributed by atoms with Crippen molar-refractivity contribution in [3.63, 3.8) is 0 Å². The molecule has 0 aliphatic heterocycles. The van der Waals surface area contributed by atoms with Gasteiger partial charge in [-0.05, 0) is 37.0 Å². The van der Waals surface area contributed by atoms with Gasteiger partial charge in [0, 0.05) is 11.8 Å². The van der Waals surface area contributed by atoms with E-state index < -0.39 is 0 Å². The van der Waals surface area contributed by atoms with Gasteiger partial charge in [0.25, 0.3) is 5.91 Å².